The number of anilines is 1. The maximum Gasteiger partial charge on any atom is 0.237 e. The van der Waals surface area contributed by atoms with E-state index in [0.717, 1.165) is 11.1 Å². The smallest absolute Gasteiger partial charge is 0.237 e. The SMILES string of the molecule is Cc1ccc(N2C(=O)C[C@@H](Cc3cccc(C)c3)C2=O)cc1. The Bertz CT molecular complexity index is 718. The van der Waals surface area contributed by atoms with E-state index in [9.17, 15) is 9.59 Å². The Hall–Kier alpha value is -2.42. The molecule has 1 atom stereocenters. The highest BCUT2D eigenvalue weighted by molar-refractivity contribution is 6.20. The van der Waals surface area contributed by atoms with Crippen LogP contribution < -0.4 is 4.90 Å². The van der Waals surface area contributed by atoms with Crippen molar-refractivity contribution < 1.29 is 9.59 Å². The van der Waals surface area contributed by atoms with Crippen LogP contribution >= 0.6 is 0 Å². The van der Waals surface area contributed by atoms with Crippen molar-refractivity contribution in [3.63, 3.8) is 0 Å². The Balaban J connectivity index is 1.81. The molecule has 2 aromatic carbocycles. The second-order valence-corrected chi connectivity index (χ2v) is 6.00. The molecular formula is C19H19NO2. The molecular weight excluding hydrogens is 274 g/mol. The number of rotatable bonds is 3. The monoisotopic (exact) mass is 293 g/mol. The first-order valence-corrected chi connectivity index (χ1v) is 7.53. The molecule has 1 aliphatic rings. The molecule has 0 spiro atoms. The normalized spacial score (nSPS) is 18.1. The lowest BCUT2D eigenvalue weighted by Crippen LogP contribution is -2.30. The van der Waals surface area contributed by atoms with Gasteiger partial charge in [-0.05, 0) is 38.0 Å². The molecule has 0 aliphatic carbocycles. The van der Waals surface area contributed by atoms with E-state index in [4.69, 9.17) is 0 Å². The number of carbonyl (C=O) groups is 2. The van der Waals surface area contributed by atoms with Crippen LogP contribution in [0.4, 0.5) is 5.69 Å². The summed E-state index contributed by atoms with van der Waals surface area (Å²) < 4.78 is 0. The molecule has 0 aromatic heterocycles. The van der Waals surface area contributed by atoms with Crippen LogP contribution in [0.3, 0.4) is 0 Å². The van der Waals surface area contributed by atoms with E-state index in [0.29, 0.717) is 18.5 Å². The highest BCUT2D eigenvalue weighted by Gasteiger charge is 2.39. The predicted molar refractivity (Wildman–Crippen MR) is 86.7 cm³/mol. The van der Waals surface area contributed by atoms with Gasteiger partial charge in [0.15, 0.2) is 0 Å². The minimum Gasteiger partial charge on any atom is -0.274 e. The zero-order chi connectivity index (χ0) is 15.7. The van der Waals surface area contributed by atoms with Crippen molar-refractivity contribution in [3.05, 3.63) is 65.2 Å². The van der Waals surface area contributed by atoms with Crippen molar-refractivity contribution in [2.24, 2.45) is 5.92 Å². The van der Waals surface area contributed by atoms with Crippen LogP contribution in [0, 0.1) is 19.8 Å². The third-order valence-electron chi connectivity index (χ3n) is 4.10. The second kappa shape index (κ2) is 5.76. The van der Waals surface area contributed by atoms with Gasteiger partial charge in [-0.25, -0.2) is 0 Å². The third kappa shape index (κ3) is 2.80. The van der Waals surface area contributed by atoms with E-state index in [-0.39, 0.29) is 17.7 Å². The van der Waals surface area contributed by atoms with Gasteiger partial charge in [-0.1, -0.05) is 47.5 Å². The van der Waals surface area contributed by atoms with Gasteiger partial charge < -0.3 is 0 Å². The van der Waals surface area contributed by atoms with Gasteiger partial charge in [0.25, 0.3) is 0 Å². The van der Waals surface area contributed by atoms with E-state index in [1.54, 1.807) is 0 Å². The molecule has 3 rings (SSSR count). The molecule has 0 radical (unpaired) electrons. The van der Waals surface area contributed by atoms with Crippen LogP contribution in [0.15, 0.2) is 48.5 Å². The number of benzene rings is 2. The Morgan fingerprint density at radius 3 is 2.41 bits per heavy atom. The lowest BCUT2D eigenvalue weighted by atomic mass is 9.97. The van der Waals surface area contributed by atoms with Gasteiger partial charge in [-0.3, -0.25) is 14.5 Å². The van der Waals surface area contributed by atoms with Gasteiger partial charge in [0.05, 0.1) is 11.6 Å². The molecule has 1 fully saturated rings. The molecule has 2 aromatic rings. The number of aryl methyl sites for hydroxylation is 2. The first kappa shape index (κ1) is 14.5. The molecule has 1 heterocycles. The summed E-state index contributed by atoms with van der Waals surface area (Å²) in [5.41, 5.74) is 4.06. The maximum atomic E-state index is 12.6. The molecule has 0 bridgehead atoms. The summed E-state index contributed by atoms with van der Waals surface area (Å²) in [6.45, 7) is 4.02. The summed E-state index contributed by atoms with van der Waals surface area (Å²) in [6, 6.07) is 15.6. The van der Waals surface area contributed by atoms with E-state index in [1.807, 2.05) is 56.3 Å². The summed E-state index contributed by atoms with van der Waals surface area (Å²) in [6.07, 6.45) is 0.912. The lowest BCUT2D eigenvalue weighted by Gasteiger charge is -2.15. The number of hydrogen-bond acceptors (Lipinski definition) is 2. The van der Waals surface area contributed by atoms with E-state index >= 15 is 0 Å². The molecule has 112 valence electrons. The number of imide groups is 1. The fourth-order valence-corrected chi connectivity index (χ4v) is 2.94. The molecule has 1 saturated heterocycles. The van der Waals surface area contributed by atoms with Crippen LogP contribution in [0.2, 0.25) is 0 Å². The number of nitrogens with zero attached hydrogens (tertiary/aromatic N) is 1. The fourth-order valence-electron chi connectivity index (χ4n) is 2.94. The minimum atomic E-state index is -0.254. The summed E-state index contributed by atoms with van der Waals surface area (Å²) in [5.74, 6) is -0.447. The van der Waals surface area contributed by atoms with Crippen molar-refractivity contribution in [1.82, 2.24) is 0 Å². The zero-order valence-electron chi connectivity index (χ0n) is 12.9. The van der Waals surface area contributed by atoms with Crippen molar-refractivity contribution in [3.8, 4) is 0 Å². The predicted octanol–water partition coefficient (Wildman–Crippen LogP) is 3.43. The fraction of sp³-hybridized carbons (Fsp3) is 0.263. The quantitative estimate of drug-likeness (QED) is 0.813. The van der Waals surface area contributed by atoms with Crippen molar-refractivity contribution in [2.45, 2.75) is 26.7 Å². The molecule has 0 unspecified atom stereocenters. The van der Waals surface area contributed by atoms with Crippen LogP contribution in [0.25, 0.3) is 0 Å². The molecule has 22 heavy (non-hydrogen) atoms. The van der Waals surface area contributed by atoms with E-state index < -0.39 is 0 Å². The maximum absolute atomic E-state index is 12.6. The number of hydrogen-bond donors (Lipinski definition) is 0. The number of amides is 2. The third-order valence-corrected chi connectivity index (χ3v) is 4.10. The van der Waals surface area contributed by atoms with Crippen LogP contribution in [0.5, 0.6) is 0 Å². The Morgan fingerprint density at radius 2 is 1.73 bits per heavy atom. The highest BCUT2D eigenvalue weighted by Crippen LogP contribution is 2.29. The molecule has 3 heteroatoms. The van der Waals surface area contributed by atoms with Gasteiger partial charge >= 0.3 is 0 Å². The molecule has 3 nitrogen and oxygen atoms in total. The summed E-state index contributed by atoms with van der Waals surface area (Å²) in [7, 11) is 0. The van der Waals surface area contributed by atoms with Gasteiger partial charge in [-0.15, -0.1) is 0 Å². The molecule has 2 amide bonds. The highest BCUT2D eigenvalue weighted by atomic mass is 16.2. The van der Waals surface area contributed by atoms with Gasteiger partial charge in [0.1, 0.15) is 0 Å². The topological polar surface area (TPSA) is 37.4 Å². The van der Waals surface area contributed by atoms with Crippen LogP contribution in [-0.4, -0.2) is 11.8 Å². The van der Waals surface area contributed by atoms with Gasteiger partial charge in [0.2, 0.25) is 11.8 Å². The number of carbonyl (C=O) groups excluding carboxylic acids is 2. The minimum absolute atomic E-state index is 0.0876. The molecule has 1 aliphatic heterocycles. The lowest BCUT2D eigenvalue weighted by molar-refractivity contribution is -0.122. The second-order valence-electron chi connectivity index (χ2n) is 6.00. The van der Waals surface area contributed by atoms with E-state index in [2.05, 4.69) is 6.07 Å². The van der Waals surface area contributed by atoms with Crippen LogP contribution in [0.1, 0.15) is 23.1 Å². The van der Waals surface area contributed by atoms with Gasteiger partial charge in [0, 0.05) is 6.42 Å². The van der Waals surface area contributed by atoms with E-state index in [1.165, 1.54) is 10.5 Å². The van der Waals surface area contributed by atoms with Gasteiger partial charge in [-0.2, -0.15) is 0 Å². The summed E-state index contributed by atoms with van der Waals surface area (Å²) >= 11 is 0. The van der Waals surface area contributed by atoms with Crippen molar-refractivity contribution >= 4 is 17.5 Å². The molecule has 0 N–H and O–H groups in total. The van der Waals surface area contributed by atoms with Crippen molar-refractivity contribution in [1.29, 1.82) is 0 Å². The first-order valence-electron chi connectivity index (χ1n) is 7.53. The van der Waals surface area contributed by atoms with Crippen LogP contribution in [-0.2, 0) is 16.0 Å². The summed E-state index contributed by atoms with van der Waals surface area (Å²) in [5, 5.41) is 0. The average Bonchev–Trinajstić information content (AvgIpc) is 2.75. The molecule has 0 saturated carbocycles. The zero-order valence-corrected chi connectivity index (χ0v) is 12.9. The summed E-state index contributed by atoms with van der Waals surface area (Å²) in [4.78, 5) is 26.2. The Labute approximate surface area is 130 Å². The standard InChI is InChI=1S/C19H19NO2/c1-13-6-8-17(9-7-13)20-18(21)12-16(19(20)22)11-15-5-3-4-14(2)10-15/h3-10,16H,11-12H2,1-2H3/t16-/m1/s1. The Kier molecular flexibility index (Phi) is 3.80. The average molecular weight is 293 g/mol. The largest absolute Gasteiger partial charge is 0.274 e. The first-order chi connectivity index (χ1) is 10.5. The van der Waals surface area contributed by atoms with Crippen molar-refractivity contribution in [2.75, 3.05) is 4.90 Å². The Morgan fingerprint density at radius 1 is 1.00 bits per heavy atom.